The standard InChI is InChI=1S/C30H32N4O4/c1-21-6-8-24(9-7-21)29(37)34-26(27(35)32-19-23-10-14-31-15-11-23)20-38-30(34)12-16-33(17-13-30)28(36)25-5-3-4-22(2)18-25/h3-11,14-15,18,26H,12-13,16-17,19-20H2,1-2H3,(H,32,35)/t26-/m1/s1. The van der Waals surface area contributed by atoms with Crippen LogP contribution in [-0.4, -0.2) is 64.0 Å². The Morgan fingerprint density at radius 3 is 2.32 bits per heavy atom. The van der Waals surface area contributed by atoms with Crippen LogP contribution in [0.2, 0.25) is 0 Å². The van der Waals surface area contributed by atoms with Gasteiger partial charge in [0.2, 0.25) is 5.91 Å². The highest BCUT2D eigenvalue weighted by molar-refractivity contribution is 5.98. The van der Waals surface area contributed by atoms with Gasteiger partial charge in [-0.2, -0.15) is 0 Å². The summed E-state index contributed by atoms with van der Waals surface area (Å²) in [5.41, 5.74) is 3.19. The third-order valence-corrected chi connectivity index (χ3v) is 7.39. The zero-order valence-electron chi connectivity index (χ0n) is 21.7. The maximum absolute atomic E-state index is 13.9. The minimum absolute atomic E-state index is 0.0374. The van der Waals surface area contributed by atoms with E-state index in [1.807, 2.05) is 62.4 Å². The van der Waals surface area contributed by atoms with Crippen LogP contribution in [0.3, 0.4) is 0 Å². The second kappa shape index (κ2) is 10.8. The SMILES string of the molecule is Cc1ccc(C(=O)N2[C@@H](C(=O)NCc3ccncc3)COC23CCN(C(=O)c2cccc(C)c2)CC3)cc1. The van der Waals surface area contributed by atoms with E-state index in [0.29, 0.717) is 43.6 Å². The van der Waals surface area contributed by atoms with Crippen molar-refractivity contribution < 1.29 is 19.1 Å². The van der Waals surface area contributed by atoms with Gasteiger partial charge < -0.3 is 15.0 Å². The normalized spacial score (nSPS) is 18.4. The summed E-state index contributed by atoms with van der Waals surface area (Å²) in [5, 5.41) is 2.96. The first-order valence-electron chi connectivity index (χ1n) is 12.9. The highest BCUT2D eigenvalue weighted by Gasteiger charge is 2.54. The van der Waals surface area contributed by atoms with Crippen LogP contribution < -0.4 is 5.32 Å². The smallest absolute Gasteiger partial charge is 0.256 e. The van der Waals surface area contributed by atoms with Gasteiger partial charge in [0.05, 0.1) is 6.61 Å². The van der Waals surface area contributed by atoms with Crippen LogP contribution in [-0.2, 0) is 16.1 Å². The molecule has 2 aliphatic heterocycles. The summed E-state index contributed by atoms with van der Waals surface area (Å²) in [5.74, 6) is -0.549. The first-order chi connectivity index (χ1) is 18.4. The second-order valence-electron chi connectivity index (χ2n) is 10.0. The number of nitrogens with zero attached hydrogens (tertiary/aromatic N) is 3. The molecule has 1 atom stereocenters. The van der Waals surface area contributed by atoms with Crippen LogP contribution in [0.25, 0.3) is 0 Å². The van der Waals surface area contributed by atoms with Crippen molar-refractivity contribution in [2.75, 3.05) is 19.7 Å². The number of aryl methyl sites for hydroxylation is 2. The molecule has 8 nitrogen and oxygen atoms in total. The van der Waals surface area contributed by atoms with Crippen molar-refractivity contribution in [1.29, 1.82) is 0 Å². The van der Waals surface area contributed by atoms with Crippen molar-refractivity contribution >= 4 is 17.7 Å². The van der Waals surface area contributed by atoms with Gasteiger partial charge in [0.1, 0.15) is 11.8 Å². The molecule has 2 aromatic carbocycles. The number of carbonyl (C=O) groups excluding carboxylic acids is 3. The average Bonchev–Trinajstić information content (AvgIpc) is 3.30. The summed E-state index contributed by atoms with van der Waals surface area (Å²) in [4.78, 5) is 47.8. The van der Waals surface area contributed by atoms with Gasteiger partial charge in [-0.3, -0.25) is 24.3 Å². The Morgan fingerprint density at radius 1 is 0.921 bits per heavy atom. The van der Waals surface area contributed by atoms with E-state index in [-0.39, 0.29) is 24.3 Å². The molecule has 2 saturated heterocycles. The Balaban J connectivity index is 1.36. The molecule has 8 heteroatoms. The van der Waals surface area contributed by atoms with Crippen molar-refractivity contribution in [2.45, 2.75) is 45.0 Å². The Morgan fingerprint density at radius 2 is 1.63 bits per heavy atom. The van der Waals surface area contributed by atoms with Gasteiger partial charge in [0.15, 0.2) is 0 Å². The van der Waals surface area contributed by atoms with Crippen molar-refractivity contribution in [2.24, 2.45) is 0 Å². The highest BCUT2D eigenvalue weighted by Crippen LogP contribution is 2.39. The number of piperidine rings is 1. The van der Waals surface area contributed by atoms with E-state index in [1.165, 1.54) is 0 Å². The van der Waals surface area contributed by atoms with E-state index in [4.69, 9.17) is 4.74 Å². The Hall–Kier alpha value is -4.04. The van der Waals surface area contributed by atoms with Crippen molar-refractivity contribution in [3.8, 4) is 0 Å². The topological polar surface area (TPSA) is 91.8 Å². The van der Waals surface area contributed by atoms with Gasteiger partial charge in [-0.15, -0.1) is 0 Å². The van der Waals surface area contributed by atoms with E-state index in [2.05, 4.69) is 10.3 Å². The number of pyridine rings is 1. The Kier molecular flexibility index (Phi) is 7.24. The van der Waals surface area contributed by atoms with Crippen LogP contribution in [0.4, 0.5) is 0 Å². The number of hydrogen-bond acceptors (Lipinski definition) is 5. The average molecular weight is 513 g/mol. The summed E-state index contributed by atoms with van der Waals surface area (Å²) in [6.45, 7) is 5.21. The third kappa shape index (κ3) is 5.17. The van der Waals surface area contributed by atoms with Gasteiger partial charge >= 0.3 is 0 Å². The molecule has 2 fully saturated rings. The molecule has 0 aliphatic carbocycles. The third-order valence-electron chi connectivity index (χ3n) is 7.39. The fraction of sp³-hybridized carbons (Fsp3) is 0.333. The number of aromatic nitrogens is 1. The minimum atomic E-state index is -0.954. The molecule has 1 spiro atoms. The van der Waals surface area contributed by atoms with Crippen molar-refractivity contribution in [3.63, 3.8) is 0 Å². The molecule has 1 aromatic heterocycles. The molecule has 3 amide bonds. The van der Waals surface area contributed by atoms with Gasteiger partial charge in [-0.25, -0.2) is 0 Å². The molecule has 196 valence electrons. The number of ether oxygens (including phenoxy) is 1. The van der Waals surface area contributed by atoms with Gasteiger partial charge in [0, 0.05) is 56.0 Å². The zero-order chi connectivity index (χ0) is 26.7. The number of rotatable bonds is 5. The van der Waals surface area contributed by atoms with Crippen LogP contribution in [0, 0.1) is 13.8 Å². The number of carbonyl (C=O) groups is 3. The minimum Gasteiger partial charge on any atom is -0.353 e. The van der Waals surface area contributed by atoms with E-state index in [9.17, 15) is 14.4 Å². The summed E-state index contributed by atoms with van der Waals surface area (Å²) < 4.78 is 6.30. The van der Waals surface area contributed by atoms with Crippen molar-refractivity contribution in [3.05, 3.63) is 101 Å². The lowest BCUT2D eigenvalue weighted by atomic mass is 9.95. The van der Waals surface area contributed by atoms with E-state index < -0.39 is 11.8 Å². The highest BCUT2D eigenvalue weighted by atomic mass is 16.5. The lowest BCUT2D eigenvalue weighted by molar-refractivity contribution is -0.128. The molecular formula is C30H32N4O4. The van der Waals surface area contributed by atoms with E-state index >= 15 is 0 Å². The summed E-state index contributed by atoms with van der Waals surface area (Å²) in [6, 6.07) is 17.8. The quantitative estimate of drug-likeness (QED) is 0.565. The lowest BCUT2D eigenvalue weighted by Crippen LogP contribution is -2.59. The Bertz CT molecular complexity index is 1320. The maximum Gasteiger partial charge on any atom is 0.256 e. The molecule has 0 radical (unpaired) electrons. The largest absolute Gasteiger partial charge is 0.353 e. The summed E-state index contributed by atoms with van der Waals surface area (Å²) in [6.07, 6.45) is 4.20. The molecule has 5 rings (SSSR count). The molecule has 2 aliphatic rings. The Labute approximate surface area is 222 Å². The molecule has 3 heterocycles. The van der Waals surface area contributed by atoms with Gasteiger partial charge in [-0.1, -0.05) is 35.4 Å². The molecule has 3 aromatic rings. The van der Waals surface area contributed by atoms with E-state index in [1.54, 1.807) is 34.3 Å². The molecule has 1 N–H and O–H groups in total. The predicted molar refractivity (Wildman–Crippen MR) is 142 cm³/mol. The fourth-order valence-electron chi connectivity index (χ4n) is 5.23. The number of amides is 3. The number of nitrogens with one attached hydrogen (secondary N) is 1. The summed E-state index contributed by atoms with van der Waals surface area (Å²) in [7, 11) is 0. The van der Waals surface area contributed by atoms with Crippen LogP contribution in [0.1, 0.15) is 50.2 Å². The molecule has 0 bridgehead atoms. The maximum atomic E-state index is 13.9. The van der Waals surface area contributed by atoms with Gasteiger partial charge in [0.25, 0.3) is 11.8 Å². The predicted octanol–water partition coefficient (Wildman–Crippen LogP) is 3.49. The first kappa shape index (κ1) is 25.6. The van der Waals surface area contributed by atoms with Crippen LogP contribution in [0.15, 0.2) is 73.1 Å². The summed E-state index contributed by atoms with van der Waals surface area (Å²) >= 11 is 0. The second-order valence-corrected chi connectivity index (χ2v) is 10.0. The van der Waals surface area contributed by atoms with Crippen LogP contribution in [0.5, 0.6) is 0 Å². The van der Waals surface area contributed by atoms with Crippen LogP contribution >= 0.6 is 0 Å². The monoisotopic (exact) mass is 512 g/mol. The lowest BCUT2D eigenvalue weighted by Gasteiger charge is -2.44. The first-order valence-corrected chi connectivity index (χ1v) is 12.9. The number of hydrogen-bond donors (Lipinski definition) is 1. The van der Waals surface area contributed by atoms with Gasteiger partial charge in [-0.05, 0) is 55.8 Å². The number of benzene rings is 2. The zero-order valence-corrected chi connectivity index (χ0v) is 21.7. The van der Waals surface area contributed by atoms with E-state index in [0.717, 1.165) is 16.7 Å². The molecule has 0 saturated carbocycles. The molecular weight excluding hydrogens is 480 g/mol. The van der Waals surface area contributed by atoms with Crippen molar-refractivity contribution in [1.82, 2.24) is 20.1 Å². The molecule has 0 unspecified atom stereocenters. The number of likely N-dealkylation sites (tertiary alicyclic amines) is 1. The fourth-order valence-corrected chi connectivity index (χ4v) is 5.23. The molecule has 38 heavy (non-hydrogen) atoms.